The van der Waals surface area contributed by atoms with Gasteiger partial charge in [-0.2, -0.15) is 0 Å². The number of carbonyl (C=O) groups is 2. The van der Waals surface area contributed by atoms with Crippen LogP contribution in [0.25, 0.3) is 10.8 Å². The summed E-state index contributed by atoms with van der Waals surface area (Å²) in [6, 6.07) is 6.22. The number of esters is 1. The summed E-state index contributed by atoms with van der Waals surface area (Å²) in [5.41, 5.74) is -0.995. The number of ether oxygens (including phenoxy) is 1. The minimum atomic E-state index is -0.997. The van der Waals surface area contributed by atoms with E-state index in [-0.39, 0.29) is 16.8 Å². The summed E-state index contributed by atoms with van der Waals surface area (Å²) in [5.74, 6) is -1.23. The van der Waals surface area contributed by atoms with Crippen LogP contribution >= 0.6 is 0 Å². The van der Waals surface area contributed by atoms with Crippen molar-refractivity contribution in [3.05, 3.63) is 45.0 Å². The molecule has 0 aliphatic carbocycles. The molecule has 0 saturated carbocycles. The number of amides is 1. The standard InChI is InChI=1S/C16H19N3O5/c1-9(2)17-14(21)10(3)24-13(20)8-19-16(23)12-7-5-4-6-11(12)15(22)18-19/h4-7,9-10H,8H2,1-3H3,(H,17,21)(H,18,22). The van der Waals surface area contributed by atoms with Crippen molar-refractivity contribution < 1.29 is 14.3 Å². The first-order valence-corrected chi connectivity index (χ1v) is 7.51. The SMILES string of the molecule is CC(C)NC(=O)C(C)OC(=O)Cn1[nH]c(=O)c2ccccc2c1=O. The molecule has 0 saturated heterocycles. The van der Waals surface area contributed by atoms with Crippen LogP contribution in [0.3, 0.4) is 0 Å². The van der Waals surface area contributed by atoms with Gasteiger partial charge in [0, 0.05) is 6.04 Å². The van der Waals surface area contributed by atoms with E-state index in [1.165, 1.54) is 19.1 Å². The molecule has 2 N–H and O–H groups in total. The second kappa shape index (κ2) is 7.12. The van der Waals surface area contributed by atoms with E-state index in [1.807, 2.05) is 0 Å². The van der Waals surface area contributed by atoms with Gasteiger partial charge in [0.25, 0.3) is 17.0 Å². The average Bonchev–Trinajstić information content (AvgIpc) is 2.51. The average molecular weight is 333 g/mol. The number of carbonyl (C=O) groups excluding carboxylic acids is 2. The maximum absolute atomic E-state index is 12.3. The van der Waals surface area contributed by atoms with Crippen LogP contribution in [-0.4, -0.2) is 33.8 Å². The van der Waals surface area contributed by atoms with Crippen molar-refractivity contribution in [3.63, 3.8) is 0 Å². The van der Waals surface area contributed by atoms with Gasteiger partial charge in [-0.25, -0.2) is 4.68 Å². The minimum absolute atomic E-state index is 0.0851. The number of aromatic nitrogens is 2. The van der Waals surface area contributed by atoms with E-state index in [2.05, 4.69) is 10.4 Å². The fraction of sp³-hybridized carbons (Fsp3) is 0.375. The van der Waals surface area contributed by atoms with Gasteiger partial charge >= 0.3 is 5.97 Å². The Morgan fingerprint density at radius 2 is 1.79 bits per heavy atom. The Bertz CT molecular complexity index is 881. The van der Waals surface area contributed by atoms with Crippen LogP contribution in [0.5, 0.6) is 0 Å². The Morgan fingerprint density at radius 1 is 1.17 bits per heavy atom. The normalized spacial score (nSPS) is 12.2. The Labute approximate surface area is 137 Å². The summed E-state index contributed by atoms with van der Waals surface area (Å²) in [5, 5.41) is 5.40. The molecule has 0 spiro atoms. The molecule has 0 aliphatic heterocycles. The van der Waals surface area contributed by atoms with Crippen LogP contribution in [0.15, 0.2) is 33.9 Å². The molecule has 1 aromatic heterocycles. The van der Waals surface area contributed by atoms with Crippen molar-refractivity contribution in [2.75, 3.05) is 0 Å². The van der Waals surface area contributed by atoms with Gasteiger partial charge in [0.1, 0.15) is 6.54 Å². The number of rotatable bonds is 5. The largest absolute Gasteiger partial charge is 0.451 e. The van der Waals surface area contributed by atoms with Crippen LogP contribution < -0.4 is 16.4 Å². The molecule has 8 heteroatoms. The first kappa shape index (κ1) is 17.5. The summed E-state index contributed by atoms with van der Waals surface area (Å²) in [6.45, 7) is 4.51. The van der Waals surface area contributed by atoms with E-state index in [4.69, 9.17) is 4.74 Å². The third-order valence-corrected chi connectivity index (χ3v) is 3.28. The number of fused-ring (bicyclic) bond motifs is 1. The molecule has 1 heterocycles. The van der Waals surface area contributed by atoms with Crippen molar-refractivity contribution in [3.8, 4) is 0 Å². The van der Waals surface area contributed by atoms with E-state index in [1.54, 1.807) is 26.0 Å². The number of aromatic amines is 1. The zero-order valence-electron chi connectivity index (χ0n) is 13.7. The van der Waals surface area contributed by atoms with Gasteiger partial charge in [-0.15, -0.1) is 0 Å². The van der Waals surface area contributed by atoms with Crippen molar-refractivity contribution in [1.82, 2.24) is 15.1 Å². The Morgan fingerprint density at radius 3 is 2.42 bits per heavy atom. The van der Waals surface area contributed by atoms with Gasteiger partial charge in [0.2, 0.25) is 0 Å². The first-order chi connectivity index (χ1) is 11.3. The topological polar surface area (TPSA) is 110 Å². The number of nitrogens with zero attached hydrogens (tertiary/aromatic N) is 1. The van der Waals surface area contributed by atoms with Gasteiger partial charge in [-0.05, 0) is 32.9 Å². The van der Waals surface area contributed by atoms with Gasteiger partial charge in [-0.3, -0.25) is 24.3 Å². The molecule has 0 radical (unpaired) electrons. The van der Waals surface area contributed by atoms with E-state index >= 15 is 0 Å². The van der Waals surface area contributed by atoms with Crippen molar-refractivity contribution >= 4 is 22.6 Å². The van der Waals surface area contributed by atoms with Crippen molar-refractivity contribution in [2.24, 2.45) is 0 Å². The second-order valence-corrected chi connectivity index (χ2v) is 5.67. The summed E-state index contributed by atoms with van der Waals surface area (Å²) in [4.78, 5) is 47.9. The van der Waals surface area contributed by atoms with Gasteiger partial charge in [-0.1, -0.05) is 12.1 Å². The molecule has 1 atom stereocenters. The van der Waals surface area contributed by atoms with E-state index < -0.39 is 35.6 Å². The maximum Gasteiger partial charge on any atom is 0.328 e. The fourth-order valence-electron chi connectivity index (χ4n) is 2.18. The van der Waals surface area contributed by atoms with Gasteiger partial charge in [0.15, 0.2) is 6.10 Å². The van der Waals surface area contributed by atoms with Crippen LogP contribution in [0, 0.1) is 0 Å². The van der Waals surface area contributed by atoms with Crippen LogP contribution in [0.1, 0.15) is 20.8 Å². The highest BCUT2D eigenvalue weighted by atomic mass is 16.5. The number of benzene rings is 1. The molecule has 0 fully saturated rings. The monoisotopic (exact) mass is 333 g/mol. The maximum atomic E-state index is 12.3. The molecule has 0 aliphatic rings. The number of hydrogen-bond acceptors (Lipinski definition) is 5. The lowest BCUT2D eigenvalue weighted by Crippen LogP contribution is -2.40. The summed E-state index contributed by atoms with van der Waals surface area (Å²) in [6.07, 6.45) is -0.997. The van der Waals surface area contributed by atoms with E-state index in [0.717, 1.165) is 4.68 Å². The Kier molecular flexibility index (Phi) is 5.18. The Balaban J connectivity index is 2.17. The first-order valence-electron chi connectivity index (χ1n) is 7.51. The number of nitrogens with one attached hydrogen (secondary N) is 2. The van der Waals surface area contributed by atoms with Crippen LogP contribution in [0.2, 0.25) is 0 Å². The lowest BCUT2D eigenvalue weighted by Gasteiger charge is -2.15. The van der Waals surface area contributed by atoms with Gasteiger partial charge in [0.05, 0.1) is 10.8 Å². The van der Waals surface area contributed by atoms with Crippen molar-refractivity contribution in [1.29, 1.82) is 0 Å². The van der Waals surface area contributed by atoms with Gasteiger partial charge < -0.3 is 10.1 Å². The molecule has 1 unspecified atom stereocenters. The fourth-order valence-corrected chi connectivity index (χ4v) is 2.18. The third kappa shape index (κ3) is 3.89. The number of H-pyrrole nitrogens is 1. The van der Waals surface area contributed by atoms with E-state index in [0.29, 0.717) is 0 Å². The molecule has 2 rings (SSSR count). The lowest BCUT2D eigenvalue weighted by molar-refractivity contribution is -0.155. The summed E-state index contributed by atoms with van der Waals surface area (Å²) in [7, 11) is 0. The summed E-state index contributed by atoms with van der Waals surface area (Å²) < 4.78 is 5.87. The molecular weight excluding hydrogens is 314 g/mol. The second-order valence-electron chi connectivity index (χ2n) is 5.67. The van der Waals surface area contributed by atoms with Crippen molar-refractivity contribution in [2.45, 2.75) is 39.5 Å². The van der Waals surface area contributed by atoms with E-state index in [9.17, 15) is 19.2 Å². The molecule has 0 bridgehead atoms. The molecule has 1 amide bonds. The van der Waals surface area contributed by atoms with Crippen LogP contribution in [0.4, 0.5) is 0 Å². The molecule has 128 valence electrons. The zero-order chi connectivity index (χ0) is 17.9. The smallest absolute Gasteiger partial charge is 0.328 e. The predicted octanol–water partition coefficient (Wildman–Crippen LogP) is 0.146. The Hall–Kier alpha value is -2.90. The number of hydrogen-bond donors (Lipinski definition) is 2. The lowest BCUT2D eigenvalue weighted by atomic mass is 10.2. The molecule has 8 nitrogen and oxygen atoms in total. The zero-order valence-corrected chi connectivity index (χ0v) is 13.7. The molecule has 2 aromatic rings. The third-order valence-electron chi connectivity index (χ3n) is 3.28. The quantitative estimate of drug-likeness (QED) is 0.757. The van der Waals surface area contributed by atoms with Crippen LogP contribution in [-0.2, 0) is 20.9 Å². The molecule has 1 aromatic carbocycles. The highest BCUT2D eigenvalue weighted by Gasteiger charge is 2.19. The molecular formula is C16H19N3O5. The highest BCUT2D eigenvalue weighted by Crippen LogP contribution is 2.02. The summed E-state index contributed by atoms with van der Waals surface area (Å²) >= 11 is 0. The minimum Gasteiger partial charge on any atom is -0.451 e. The predicted molar refractivity (Wildman–Crippen MR) is 87.7 cm³/mol. The molecule has 24 heavy (non-hydrogen) atoms. The highest BCUT2D eigenvalue weighted by molar-refractivity contribution is 5.84.